The van der Waals surface area contributed by atoms with E-state index >= 15 is 0 Å². The highest BCUT2D eigenvalue weighted by molar-refractivity contribution is 5.49. The number of rotatable bonds is 16. The quantitative estimate of drug-likeness (QED) is 0.311. The van der Waals surface area contributed by atoms with Crippen LogP contribution in [0.1, 0.15) is 19.3 Å². The minimum Gasteiger partial charge on any atom is -0.379 e. The maximum atomic E-state index is 10.3. The van der Waals surface area contributed by atoms with Gasteiger partial charge in [0, 0.05) is 19.3 Å². The largest absolute Gasteiger partial charge is 0.379 e. The van der Waals surface area contributed by atoms with E-state index in [0.717, 1.165) is 18.9 Å². The van der Waals surface area contributed by atoms with E-state index in [-0.39, 0.29) is 0 Å². The van der Waals surface area contributed by atoms with Crippen molar-refractivity contribution in [3.05, 3.63) is 0 Å². The molecule has 0 spiro atoms. The Morgan fingerprint density at radius 2 is 1.10 bits per heavy atom. The van der Waals surface area contributed by atoms with Crippen molar-refractivity contribution in [3.8, 4) is 0 Å². The molecule has 0 aromatic carbocycles. The molecule has 0 aromatic rings. The van der Waals surface area contributed by atoms with Crippen LogP contribution in [0.4, 0.5) is 0 Å². The van der Waals surface area contributed by atoms with Gasteiger partial charge in [-0.2, -0.15) is 0 Å². The first-order chi connectivity index (χ1) is 10.2. The van der Waals surface area contributed by atoms with E-state index in [1.165, 1.54) is 0 Å². The Bertz CT molecular complexity index is 244. The van der Waals surface area contributed by atoms with Crippen LogP contribution in [-0.4, -0.2) is 71.1 Å². The lowest BCUT2D eigenvalue weighted by Crippen LogP contribution is -2.55. The van der Waals surface area contributed by atoms with Gasteiger partial charge in [-0.3, -0.25) is 0 Å². The highest BCUT2D eigenvalue weighted by Gasteiger charge is 2.29. The van der Waals surface area contributed by atoms with Crippen molar-refractivity contribution >= 4 is 18.9 Å². The second-order valence-electron chi connectivity index (χ2n) is 4.55. The van der Waals surface area contributed by atoms with Gasteiger partial charge in [-0.15, -0.1) is 0 Å². The Balaban J connectivity index is 4.31. The molecule has 0 unspecified atom stereocenters. The summed E-state index contributed by atoms with van der Waals surface area (Å²) in [6.07, 6.45) is 3.38. The fourth-order valence-corrected chi connectivity index (χ4v) is 1.54. The molecule has 122 valence electrons. The molecule has 0 aliphatic carbocycles. The number of aldehydes is 3. The van der Waals surface area contributed by atoms with Crippen LogP contribution in [0.15, 0.2) is 0 Å². The van der Waals surface area contributed by atoms with Crippen LogP contribution >= 0.6 is 0 Å². The number of nitrogens with one attached hydrogen (secondary N) is 1. The van der Waals surface area contributed by atoms with Crippen molar-refractivity contribution in [3.63, 3.8) is 0 Å². The van der Waals surface area contributed by atoms with Gasteiger partial charge < -0.3 is 33.9 Å². The van der Waals surface area contributed by atoms with Crippen LogP contribution in [0, 0.1) is 0 Å². The maximum Gasteiger partial charge on any atom is 0.122 e. The summed E-state index contributed by atoms with van der Waals surface area (Å²) in [5.41, 5.74) is -0.575. The van der Waals surface area contributed by atoms with Gasteiger partial charge in [-0.1, -0.05) is 0 Å². The summed E-state index contributed by atoms with van der Waals surface area (Å²) in [7, 11) is 1.76. The molecule has 1 N–H and O–H groups in total. The van der Waals surface area contributed by atoms with Crippen molar-refractivity contribution < 1.29 is 28.6 Å². The van der Waals surface area contributed by atoms with Crippen LogP contribution < -0.4 is 5.32 Å². The zero-order chi connectivity index (χ0) is 15.8. The zero-order valence-corrected chi connectivity index (χ0v) is 12.5. The fourth-order valence-electron chi connectivity index (χ4n) is 1.54. The third kappa shape index (κ3) is 10.3. The van der Waals surface area contributed by atoms with Crippen molar-refractivity contribution in [2.75, 3.05) is 46.7 Å². The van der Waals surface area contributed by atoms with Gasteiger partial charge in [0.2, 0.25) is 0 Å². The lowest BCUT2D eigenvalue weighted by Gasteiger charge is -2.32. The van der Waals surface area contributed by atoms with E-state index in [1.807, 2.05) is 0 Å². The SMILES string of the molecule is CNC(COCCC=O)(COCCC=O)COCCC=O. The van der Waals surface area contributed by atoms with Crippen LogP contribution in [0.3, 0.4) is 0 Å². The lowest BCUT2D eigenvalue weighted by molar-refractivity contribution is -0.109. The zero-order valence-electron chi connectivity index (χ0n) is 12.5. The van der Waals surface area contributed by atoms with E-state index in [0.29, 0.717) is 58.9 Å². The molecule has 0 bridgehead atoms. The van der Waals surface area contributed by atoms with Crippen LogP contribution in [0.25, 0.3) is 0 Å². The van der Waals surface area contributed by atoms with Gasteiger partial charge in [0.05, 0.1) is 45.2 Å². The third-order valence-electron chi connectivity index (χ3n) is 2.81. The molecule has 21 heavy (non-hydrogen) atoms. The molecule has 0 rings (SSSR count). The molecule has 0 fully saturated rings. The lowest BCUT2D eigenvalue weighted by atomic mass is 10.0. The van der Waals surface area contributed by atoms with Crippen molar-refractivity contribution in [1.29, 1.82) is 0 Å². The Labute approximate surface area is 125 Å². The minimum atomic E-state index is -0.575. The number of hydrogen-bond donors (Lipinski definition) is 1. The summed E-state index contributed by atoms with van der Waals surface area (Å²) in [6, 6.07) is 0. The summed E-state index contributed by atoms with van der Waals surface area (Å²) >= 11 is 0. The van der Waals surface area contributed by atoms with Gasteiger partial charge in [0.1, 0.15) is 18.9 Å². The molecular weight excluding hydrogens is 278 g/mol. The molecule has 0 radical (unpaired) electrons. The number of carbonyl (C=O) groups excluding carboxylic acids is 3. The molecule has 0 aliphatic rings. The Morgan fingerprint density at radius 3 is 1.33 bits per heavy atom. The summed E-state index contributed by atoms with van der Waals surface area (Å²) in [5.74, 6) is 0. The average molecular weight is 303 g/mol. The molecule has 0 aliphatic heterocycles. The molecule has 0 heterocycles. The summed E-state index contributed by atoms with van der Waals surface area (Å²) in [4.78, 5) is 30.8. The molecule has 0 aromatic heterocycles. The summed E-state index contributed by atoms with van der Waals surface area (Å²) < 4.78 is 16.4. The van der Waals surface area contributed by atoms with Gasteiger partial charge in [0.15, 0.2) is 0 Å². The van der Waals surface area contributed by atoms with E-state index < -0.39 is 5.54 Å². The van der Waals surface area contributed by atoms with Crippen molar-refractivity contribution in [2.45, 2.75) is 24.8 Å². The molecule has 0 amide bonds. The Morgan fingerprint density at radius 1 is 0.762 bits per heavy atom. The molecule has 7 heteroatoms. The predicted octanol–water partition coefficient (Wildman–Crippen LogP) is -0.239. The Hall–Kier alpha value is -1.15. The topological polar surface area (TPSA) is 90.9 Å². The van der Waals surface area contributed by atoms with Crippen LogP contribution in [0.2, 0.25) is 0 Å². The van der Waals surface area contributed by atoms with E-state index in [4.69, 9.17) is 14.2 Å². The van der Waals surface area contributed by atoms with Gasteiger partial charge in [-0.25, -0.2) is 0 Å². The summed E-state index contributed by atoms with van der Waals surface area (Å²) in [5, 5.41) is 3.11. The number of likely N-dealkylation sites (N-methyl/N-ethyl adjacent to an activating group) is 1. The molecule has 0 atom stereocenters. The smallest absolute Gasteiger partial charge is 0.122 e. The molecule has 0 saturated carbocycles. The maximum absolute atomic E-state index is 10.3. The summed E-state index contributed by atoms with van der Waals surface area (Å²) in [6.45, 7) is 1.90. The molecule has 0 saturated heterocycles. The number of carbonyl (C=O) groups is 3. The highest BCUT2D eigenvalue weighted by Crippen LogP contribution is 2.08. The number of hydrogen-bond acceptors (Lipinski definition) is 7. The van der Waals surface area contributed by atoms with E-state index in [9.17, 15) is 14.4 Å². The van der Waals surface area contributed by atoms with Crippen molar-refractivity contribution in [1.82, 2.24) is 5.32 Å². The van der Waals surface area contributed by atoms with Crippen LogP contribution in [0.5, 0.6) is 0 Å². The van der Waals surface area contributed by atoms with Crippen molar-refractivity contribution in [2.24, 2.45) is 0 Å². The first-order valence-electron chi connectivity index (χ1n) is 6.97. The second kappa shape index (κ2) is 13.8. The minimum absolute atomic E-state index is 0.305. The first-order valence-corrected chi connectivity index (χ1v) is 6.97. The standard InChI is InChI=1S/C14H25NO6/c1-15-14(11-19-8-2-5-16,12-20-9-3-6-17)13-21-10-4-7-18/h5-7,15H,2-4,8-13H2,1H3. The van der Waals surface area contributed by atoms with Gasteiger partial charge >= 0.3 is 0 Å². The average Bonchev–Trinajstić information content (AvgIpc) is 2.51. The van der Waals surface area contributed by atoms with Gasteiger partial charge in [-0.05, 0) is 7.05 Å². The third-order valence-corrected chi connectivity index (χ3v) is 2.81. The molecule has 7 nitrogen and oxygen atoms in total. The van der Waals surface area contributed by atoms with Crippen LogP contribution in [-0.2, 0) is 28.6 Å². The second-order valence-corrected chi connectivity index (χ2v) is 4.55. The van der Waals surface area contributed by atoms with Gasteiger partial charge in [0.25, 0.3) is 0 Å². The Kier molecular flexibility index (Phi) is 13.1. The monoisotopic (exact) mass is 303 g/mol. The van der Waals surface area contributed by atoms with E-state index in [2.05, 4.69) is 5.32 Å². The highest BCUT2D eigenvalue weighted by atomic mass is 16.5. The normalized spacial score (nSPS) is 11.3. The number of ether oxygens (including phenoxy) is 3. The van der Waals surface area contributed by atoms with E-state index in [1.54, 1.807) is 7.05 Å². The molecular formula is C14H25NO6. The first kappa shape index (κ1) is 19.9. The predicted molar refractivity (Wildman–Crippen MR) is 76.3 cm³/mol. The fraction of sp³-hybridized carbons (Fsp3) is 0.786.